The minimum absolute atomic E-state index is 0.151. The zero-order chi connectivity index (χ0) is 25.9. The number of fused-ring (bicyclic) bond motifs is 1. The number of carbonyl (C=O) groups excluding carboxylic acids is 1. The number of ether oxygens (including phenoxy) is 2. The van der Waals surface area contributed by atoms with E-state index in [9.17, 15) is 14.0 Å². The van der Waals surface area contributed by atoms with Gasteiger partial charge in [-0.2, -0.15) is 0 Å². The molecule has 1 aliphatic heterocycles. The molecule has 3 heterocycles. The van der Waals surface area contributed by atoms with E-state index in [2.05, 4.69) is 15.6 Å². The lowest BCUT2D eigenvalue weighted by Gasteiger charge is -2.17. The van der Waals surface area contributed by atoms with Crippen molar-refractivity contribution in [3.63, 3.8) is 0 Å². The maximum Gasteiger partial charge on any atom is 0.275 e. The summed E-state index contributed by atoms with van der Waals surface area (Å²) in [4.78, 5) is 30.4. The predicted molar refractivity (Wildman–Crippen MR) is 138 cm³/mol. The molecule has 0 radical (unpaired) electrons. The molecule has 5 rings (SSSR count). The Morgan fingerprint density at radius 3 is 2.54 bits per heavy atom. The number of pyridine rings is 2. The van der Waals surface area contributed by atoms with Crippen LogP contribution in [0.2, 0.25) is 0 Å². The molecule has 0 saturated heterocycles. The van der Waals surface area contributed by atoms with Crippen LogP contribution in [0.1, 0.15) is 12.5 Å². The zero-order valence-corrected chi connectivity index (χ0v) is 20.3. The van der Waals surface area contributed by atoms with Gasteiger partial charge in [-0.1, -0.05) is 6.07 Å². The molecule has 1 atom stereocenters. The smallest absolute Gasteiger partial charge is 0.275 e. The molecule has 0 spiro atoms. The Balaban J connectivity index is 1.54. The summed E-state index contributed by atoms with van der Waals surface area (Å²) in [7, 11) is 1.67. The van der Waals surface area contributed by atoms with Gasteiger partial charge in [0.05, 0.1) is 18.3 Å². The van der Waals surface area contributed by atoms with Crippen LogP contribution in [0.25, 0.3) is 22.4 Å². The standard InChI is InChI=1S/C28H25FN4O4/c1-17(30-2)27(34)32-23-8-9-24(19-3-6-22(29)7-4-19)33(28(23)35)15-18-11-21(14-31-13-18)20-5-10-25-26(12-20)37-16-36-25/h3-14,17,30H,15-16H2,1-2H3,(H,32,34)/t17-/m0/s1. The van der Waals surface area contributed by atoms with Gasteiger partial charge in [-0.15, -0.1) is 0 Å². The van der Waals surface area contributed by atoms with Crippen LogP contribution in [0.15, 0.2) is 77.9 Å². The molecule has 8 nitrogen and oxygen atoms in total. The minimum atomic E-state index is -0.479. The fraction of sp³-hybridized carbons (Fsp3) is 0.179. The fourth-order valence-electron chi connectivity index (χ4n) is 4.07. The number of anilines is 1. The van der Waals surface area contributed by atoms with E-state index in [-0.39, 0.29) is 36.3 Å². The Morgan fingerprint density at radius 2 is 1.76 bits per heavy atom. The number of benzene rings is 2. The van der Waals surface area contributed by atoms with Crippen molar-refractivity contribution in [2.45, 2.75) is 19.5 Å². The van der Waals surface area contributed by atoms with Gasteiger partial charge in [0.25, 0.3) is 5.56 Å². The van der Waals surface area contributed by atoms with Crippen LogP contribution in [-0.4, -0.2) is 35.3 Å². The number of hydrogen-bond acceptors (Lipinski definition) is 6. The van der Waals surface area contributed by atoms with Gasteiger partial charge in [0.2, 0.25) is 12.7 Å². The summed E-state index contributed by atoms with van der Waals surface area (Å²) in [6.45, 7) is 2.07. The topological polar surface area (TPSA) is 94.5 Å². The summed E-state index contributed by atoms with van der Waals surface area (Å²) in [6.07, 6.45) is 3.42. The van der Waals surface area contributed by atoms with Crippen LogP contribution in [0.3, 0.4) is 0 Å². The van der Waals surface area contributed by atoms with E-state index >= 15 is 0 Å². The second-order valence-electron chi connectivity index (χ2n) is 8.68. The third kappa shape index (κ3) is 5.07. The van der Waals surface area contributed by atoms with Crippen molar-refractivity contribution < 1.29 is 18.7 Å². The van der Waals surface area contributed by atoms with Crippen molar-refractivity contribution in [1.82, 2.24) is 14.9 Å². The molecule has 2 aromatic carbocycles. The van der Waals surface area contributed by atoms with Crippen LogP contribution in [0.5, 0.6) is 11.5 Å². The molecule has 0 bridgehead atoms. The van der Waals surface area contributed by atoms with E-state index in [0.29, 0.717) is 22.8 Å². The van der Waals surface area contributed by atoms with Crippen molar-refractivity contribution in [2.75, 3.05) is 19.2 Å². The maximum atomic E-state index is 13.6. The van der Waals surface area contributed by atoms with Crippen molar-refractivity contribution in [3.8, 4) is 33.9 Å². The molecular weight excluding hydrogens is 475 g/mol. The number of amides is 1. The molecule has 2 aromatic heterocycles. The molecule has 188 valence electrons. The number of nitrogens with zero attached hydrogens (tertiary/aromatic N) is 2. The van der Waals surface area contributed by atoms with Gasteiger partial charge in [-0.3, -0.25) is 14.6 Å². The highest BCUT2D eigenvalue weighted by Crippen LogP contribution is 2.36. The average Bonchev–Trinajstić information content (AvgIpc) is 3.39. The van der Waals surface area contributed by atoms with Gasteiger partial charge in [-0.05, 0) is 85.3 Å². The monoisotopic (exact) mass is 500 g/mol. The van der Waals surface area contributed by atoms with E-state index in [1.54, 1.807) is 55.2 Å². The van der Waals surface area contributed by atoms with E-state index in [1.165, 1.54) is 12.1 Å². The van der Waals surface area contributed by atoms with Crippen LogP contribution in [-0.2, 0) is 11.3 Å². The summed E-state index contributed by atoms with van der Waals surface area (Å²) >= 11 is 0. The van der Waals surface area contributed by atoms with Crippen LogP contribution < -0.4 is 25.7 Å². The van der Waals surface area contributed by atoms with Crippen molar-refractivity contribution in [3.05, 3.63) is 94.8 Å². The summed E-state index contributed by atoms with van der Waals surface area (Å²) < 4.78 is 26.0. The molecule has 2 N–H and O–H groups in total. The lowest BCUT2D eigenvalue weighted by atomic mass is 10.0. The predicted octanol–water partition coefficient (Wildman–Crippen LogP) is 4.04. The first kappa shape index (κ1) is 24.2. The molecule has 0 unspecified atom stereocenters. The third-order valence-corrected chi connectivity index (χ3v) is 6.24. The van der Waals surface area contributed by atoms with Crippen LogP contribution in [0.4, 0.5) is 10.1 Å². The molecule has 1 amide bonds. The number of halogens is 1. The van der Waals surface area contributed by atoms with E-state index in [4.69, 9.17) is 9.47 Å². The molecule has 4 aromatic rings. The molecule has 37 heavy (non-hydrogen) atoms. The number of rotatable bonds is 7. The first-order chi connectivity index (χ1) is 17.9. The Kier molecular flexibility index (Phi) is 6.70. The highest BCUT2D eigenvalue weighted by atomic mass is 19.1. The van der Waals surface area contributed by atoms with Crippen molar-refractivity contribution in [2.24, 2.45) is 0 Å². The minimum Gasteiger partial charge on any atom is -0.454 e. The quantitative estimate of drug-likeness (QED) is 0.398. The maximum absolute atomic E-state index is 13.6. The Labute approximate surface area is 212 Å². The van der Waals surface area contributed by atoms with Gasteiger partial charge in [0.15, 0.2) is 11.5 Å². The number of nitrogens with one attached hydrogen (secondary N) is 2. The van der Waals surface area contributed by atoms with Gasteiger partial charge >= 0.3 is 0 Å². The highest BCUT2D eigenvalue weighted by Gasteiger charge is 2.17. The number of hydrogen-bond donors (Lipinski definition) is 2. The SMILES string of the molecule is CN[C@@H](C)C(=O)Nc1ccc(-c2ccc(F)cc2)n(Cc2cncc(-c3ccc4c(c3)OCO4)c2)c1=O. The Hall–Kier alpha value is -4.50. The summed E-state index contributed by atoms with van der Waals surface area (Å²) in [5, 5.41) is 5.56. The largest absolute Gasteiger partial charge is 0.454 e. The van der Waals surface area contributed by atoms with Crippen LogP contribution in [0, 0.1) is 5.82 Å². The van der Waals surface area contributed by atoms with Crippen molar-refractivity contribution >= 4 is 11.6 Å². The van der Waals surface area contributed by atoms with Crippen molar-refractivity contribution in [1.29, 1.82) is 0 Å². The van der Waals surface area contributed by atoms with E-state index in [1.807, 2.05) is 24.3 Å². The van der Waals surface area contributed by atoms with Crippen LogP contribution >= 0.6 is 0 Å². The van der Waals surface area contributed by atoms with Gasteiger partial charge in [0, 0.05) is 18.0 Å². The fourth-order valence-corrected chi connectivity index (χ4v) is 4.07. The first-order valence-electron chi connectivity index (χ1n) is 11.7. The Bertz CT molecular complexity index is 1520. The van der Waals surface area contributed by atoms with E-state index in [0.717, 1.165) is 16.7 Å². The number of likely N-dealkylation sites (N-methyl/N-ethyl adjacent to an activating group) is 1. The molecule has 1 aliphatic rings. The lowest BCUT2D eigenvalue weighted by molar-refractivity contribution is -0.117. The molecular formula is C28H25FN4O4. The zero-order valence-electron chi connectivity index (χ0n) is 20.3. The Morgan fingerprint density at radius 1 is 1.00 bits per heavy atom. The average molecular weight is 501 g/mol. The summed E-state index contributed by atoms with van der Waals surface area (Å²) in [5.74, 6) is 0.655. The normalized spacial score (nSPS) is 12.8. The highest BCUT2D eigenvalue weighted by molar-refractivity contribution is 5.94. The lowest BCUT2D eigenvalue weighted by Crippen LogP contribution is -2.37. The van der Waals surface area contributed by atoms with E-state index < -0.39 is 6.04 Å². The second kappa shape index (κ2) is 10.2. The summed E-state index contributed by atoms with van der Waals surface area (Å²) in [5.41, 5.74) is 3.53. The number of carbonyl (C=O) groups is 1. The molecule has 0 fully saturated rings. The second-order valence-corrected chi connectivity index (χ2v) is 8.68. The van der Waals surface area contributed by atoms with Gasteiger partial charge in [-0.25, -0.2) is 4.39 Å². The van der Waals surface area contributed by atoms with Gasteiger partial charge in [0.1, 0.15) is 11.5 Å². The summed E-state index contributed by atoms with van der Waals surface area (Å²) in [6, 6.07) is 16.3. The molecule has 9 heteroatoms. The van der Waals surface area contributed by atoms with Gasteiger partial charge < -0.3 is 24.7 Å². The molecule has 0 saturated carbocycles. The first-order valence-corrected chi connectivity index (χ1v) is 11.7. The number of aromatic nitrogens is 2. The molecule has 0 aliphatic carbocycles. The third-order valence-electron chi connectivity index (χ3n) is 6.24.